The molecule has 0 atom stereocenters. The van der Waals surface area contributed by atoms with Gasteiger partial charge >= 0.3 is 5.97 Å². The summed E-state index contributed by atoms with van der Waals surface area (Å²) in [5, 5.41) is 11.3. The van der Waals surface area contributed by atoms with Gasteiger partial charge in [0.15, 0.2) is 0 Å². The van der Waals surface area contributed by atoms with Gasteiger partial charge in [0.2, 0.25) is 0 Å². The second-order valence-corrected chi connectivity index (χ2v) is 4.20. The average Bonchev–Trinajstić information content (AvgIpc) is 2.41. The first-order valence-corrected chi connectivity index (χ1v) is 5.96. The lowest BCUT2D eigenvalue weighted by Gasteiger charge is -2.07. The summed E-state index contributed by atoms with van der Waals surface area (Å²) in [6, 6.07) is 6.56. The van der Waals surface area contributed by atoms with Gasteiger partial charge in [0, 0.05) is 11.9 Å². The molecule has 0 radical (unpaired) electrons. The summed E-state index contributed by atoms with van der Waals surface area (Å²) in [4.78, 5) is 30.6. The maximum atomic E-state index is 12.0. The first-order chi connectivity index (χ1) is 9.56. The molecule has 20 heavy (non-hydrogen) atoms. The standard InChI is InChI=1S/C14H13N3O3/c1-9-12(3-2-6-15-9)14(20)17-11-5-4-10(16-8-11)7-13(18)19/h2-6,8H,7H2,1H3,(H,17,20)(H,18,19). The van der Waals surface area contributed by atoms with Crippen LogP contribution < -0.4 is 5.32 Å². The van der Waals surface area contributed by atoms with Crippen LogP contribution in [0.3, 0.4) is 0 Å². The van der Waals surface area contributed by atoms with E-state index in [-0.39, 0.29) is 12.3 Å². The van der Waals surface area contributed by atoms with Gasteiger partial charge in [-0.2, -0.15) is 0 Å². The number of carboxylic acids is 1. The van der Waals surface area contributed by atoms with Crippen LogP contribution in [0.1, 0.15) is 21.7 Å². The number of carbonyl (C=O) groups excluding carboxylic acids is 1. The molecule has 0 unspecified atom stereocenters. The van der Waals surface area contributed by atoms with Gasteiger partial charge in [0.1, 0.15) is 0 Å². The molecule has 2 N–H and O–H groups in total. The van der Waals surface area contributed by atoms with E-state index in [9.17, 15) is 9.59 Å². The van der Waals surface area contributed by atoms with Crippen molar-refractivity contribution in [1.82, 2.24) is 9.97 Å². The highest BCUT2D eigenvalue weighted by atomic mass is 16.4. The molecule has 0 aliphatic carbocycles. The SMILES string of the molecule is Cc1ncccc1C(=O)Nc1ccc(CC(=O)O)nc1. The van der Waals surface area contributed by atoms with E-state index < -0.39 is 5.97 Å². The summed E-state index contributed by atoms with van der Waals surface area (Å²) in [5.41, 5.74) is 2.07. The van der Waals surface area contributed by atoms with Crippen molar-refractivity contribution in [3.05, 3.63) is 53.6 Å². The molecule has 0 saturated carbocycles. The molecular weight excluding hydrogens is 258 g/mol. The van der Waals surface area contributed by atoms with E-state index in [1.807, 2.05) is 0 Å². The zero-order valence-electron chi connectivity index (χ0n) is 10.8. The van der Waals surface area contributed by atoms with E-state index in [4.69, 9.17) is 5.11 Å². The van der Waals surface area contributed by atoms with Crippen molar-refractivity contribution in [2.45, 2.75) is 13.3 Å². The lowest BCUT2D eigenvalue weighted by Crippen LogP contribution is -2.14. The van der Waals surface area contributed by atoms with Gasteiger partial charge in [-0.25, -0.2) is 0 Å². The van der Waals surface area contributed by atoms with Crippen molar-refractivity contribution in [3.8, 4) is 0 Å². The zero-order valence-corrected chi connectivity index (χ0v) is 10.8. The lowest BCUT2D eigenvalue weighted by molar-refractivity contribution is -0.136. The minimum Gasteiger partial charge on any atom is -0.481 e. The number of pyridine rings is 2. The van der Waals surface area contributed by atoms with Crippen LogP contribution >= 0.6 is 0 Å². The molecule has 0 bridgehead atoms. The smallest absolute Gasteiger partial charge is 0.309 e. The van der Waals surface area contributed by atoms with Crippen LogP contribution in [-0.2, 0) is 11.2 Å². The number of amides is 1. The van der Waals surface area contributed by atoms with Gasteiger partial charge in [-0.3, -0.25) is 19.6 Å². The van der Waals surface area contributed by atoms with Crippen molar-refractivity contribution in [3.63, 3.8) is 0 Å². The second kappa shape index (κ2) is 5.92. The Balaban J connectivity index is 2.09. The largest absolute Gasteiger partial charge is 0.481 e. The third-order valence-corrected chi connectivity index (χ3v) is 2.67. The van der Waals surface area contributed by atoms with Crippen molar-refractivity contribution in [2.75, 3.05) is 5.32 Å². The number of hydrogen-bond donors (Lipinski definition) is 2. The minimum absolute atomic E-state index is 0.143. The molecule has 0 saturated heterocycles. The average molecular weight is 271 g/mol. The van der Waals surface area contributed by atoms with Gasteiger partial charge < -0.3 is 10.4 Å². The summed E-state index contributed by atoms with van der Waals surface area (Å²) in [5.74, 6) is -1.22. The number of nitrogens with zero attached hydrogens (tertiary/aromatic N) is 2. The summed E-state index contributed by atoms with van der Waals surface area (Å²) >= 11 is 0. The van der Waals surface area contributed by atoms with E-state index in [1.165, 1.54) is 6.20 Å². The Morgan fingerprint density at radius 1 is 1.25 bits per heavy atom. The topological polar surface area (TPSA) is 92.2 Å². The fourth-order valence-corrected chi connectivity index (χ4v) is 1.68. The molecule has 2 rings (SSSR count). The molecular formula is C14H13N3O3. The molecule has 0 aromatic carbocycles. The van der Waals surface area contributed by atoms with E-state index >= 15 is 0 Å². The third kappa shape index (κ3) is 3.38. The minimum atomic E-state index is -0.944. The molecule has 1 amide bonds. The van der Waals surface area contributed by atoms with Crippen molar-refractivity contribution >= 4 is 17.6 Å². The van der Waals surface area contributed by atoms with E-state index in [1.54, 1.807) is 37.4 Å². The number of rotatable bonds is 4. The monoisotopic (exact) mass is 271 g/mol. The summed E-state index contributed by atoms with van der Waals surface area (Å²) in [7, 11) is 0. The number of carbonyl (C=O) groups is 2. The predicted octanol–water partition coefficient (Wildman–Crippen LogP) is 1.66. The Bertz CT molecular complexity index is 638. The van der Waals surface area contributed by atoms with Crippen molar-refractivity contribution in [1.29, 1.82) is 0 Å². The number of nitrogens with one attached hydrogen (secondary N) is 1. The van der Waals surface area contributed by atoms with E-state index in [2.05, 4.69) is 15.3 Å². The van der Waals surface area contributed by atoms with Crippen LogP contribution in [0.4, 0.5) is 5.69 Å². The normalized spacial score (nSPS) is 10.1. The maximum Gasteiger partial charge on any atom is 0.309 e. The fraction of sp³-hybridized carbons (Fsp3) is 0.143. The molecule has 2 aromatic rings. The molecule has 0 spiro atoms. The Morgan fingerprint density at radius 3 is 2.65 bits per heavy atom. The lowest BCUT2D eigenvalue weighted by atomic mass is 10.2. The highest BCUT2D eigenvalue weighted by Gasteiger charge is 2.10. The van der Waals surface area contributed by atoms with Crippen LogP contribution in [0.15, 0.2) is 36.7 Å². The third-order valence-electron chi connectivity index (χ3n) is 2.67. The Hall–Kier alpha value is -2.76. The molecule has 102 valence electrons. The Morgan fingerprint density at radius 2 is 2.05 bits per heavy atom. The van der Waals surface area contributed by atoms with E-state index in [0.29, 0.717) is 22.6 Å². The highest BCUT2D eigenvalue weighted by molar-refractivity contribution is 6.04. The fourth-order valence-electron chi connectivity index (χ4n) is 1.68. The molecule has 6 nitrogen and oxygen atoms in total. The molecule has 2 heterocycles. The van der Waals surface area contributed by atoms with Gasteiger partial charge in [-0.1, -0.05) is 0 Å². The quantitative estimate of drug-likeness (QED) is 0.882. The van der Waals surface area contributed by atoms with Crippen LogP contribution in [-0.4, -0.2) is 27.0 Å². The van der Waals surface area contributed by atoms with Gasteiger partial charge in [0.25, 0.3) is 5.91 Å². The Kier molecular flexibility index (Phi) is 4.05. The zero-order chi connectivity index (χ0) is 14.5. The number of aryl methyl sites for hydroxylation is 1. The van der Waals surface area contributed by atoms with Crippen molar-refractivity contribution in [2.24, 2.45) is 0 Å². The van der Waals surface area contributed by atoms with Gasteiger partial charge in [-0.15, -0.1) is 0 Å². The number of anilines is 1. The maximum absolute atomic E-state index is 12.0. The number of carboxylic acid groups (broad SMARTS) is 1. The van der Waals surface area contributed by atoms with Crippen molar-refractivity contribution < 1.29 is 14.7 Å². The van der Waals surface area contributed by atoms with E-state index in [0.717, 1.165) is 0 Å². The van der Waals surface area contributed by atoms with Crippen LogP contribution in [0, 0.1) is 6.92 Å². The number of hydrogen-bond acceptors (Lipinski definition) is 4. The first-order valence-electron chi connectivity index (χ1n) is 5.96. The number of aromatic nitrogens is 2. The molecule has 0 aliphatic rings. The molecule has 0 aliphatic heterocycles. The van der Waals surface area contributed by atoms with Crippen LogP contribution in [0.25, 0.3) is 0 Å². The second-order valence-electron chi connectivity index (χ2n) is 4.20. The molecule has 2 aromatic heterocycles. The van der Waals surface area contributed by atoms with Gasteiger partial charge in [0.05, 0.1) is 29.6 Å². The molecule has 0 fully saturated rings. The summed E-state index contributed by atoms with van der Waals surface area (Å²) in [6.45, 7) is 1.75. The summed E-state index contributed by atoms with van der Waals surface area (Å²) in [6.07, 6.45) is 2.91. The summed E-state index contributed by atoms with van der Waals surface area (Å²) < 4.78 is 0. The van der Waals surface area contributed by atoms with Gasteiger partial charge in [-0.05, 0) is 31.2 Å². The number of aliphatic carboxylic acids is 1. The predicted molar refractivity (Wildman–Crippen MR) is 72.5 cm³/mol. The first kappa shape index (κ1) is 13.7. The molecule has 6 heteroatoms. The highest BCUT2D eigenvalue weighted by Crippen LogP contribution is 2.11. The Labute approximate surface area is 115 Å². The van der Waals surface area contributed by atoms with Crippen LogP contribution in [0.5, 0.6) is 0 Å². The van der Waals surface area contributed by atoms with Crippen LogP contribution in [0.2, 0.25) is 0 Å².